The summed E-state index contributed by atoms with van der Waals surface area (Å²) in [5.74, 6) is 6.71. The smallest absolute Gasteiger partial charge is 0.0386 e. The standard InChI is InChI=1S/C25H44/c1-3-7-22(8-4-1)24-15-11-20(12-16-24)19-21-13-17-25(18-14-21)23-9-5-2-6-10-23/h20-25H,1-19H2. The summed E-state index contributed by atoms with van der Waals surface area (Å²) in [7, 11) is 0. The van der Waals surface area contributed by atoms with Crippen LogP contribution >= 0.6 is 0 Å². The first kappa shape index (κ1) is 18.4. The lowest BCUT2D eigenvalue weighted by molar-refractivity contribution is 0.127. The minimum atomic E-state index is 1.11. The normalized spacial score (nSPS) is 39.4. The zero-order chi connectivity index (χ0) is 16.9. The highest BCUT2D eigenvalue weighted by Gasteiger charge is 2.32. The maximum Gasteiger partial charge on any atom is -0.0386 e. The fraction of sp³-hybridized carbons (Fsp3) is 1.00. The Bertz CT molecular complexity index is 321. The molecule has 0 heteroatoms. The molecule has 0 radical (unpaired) electrons. The summed E-state index contributed by atoms with van der Waals surface area (Å²) in [4.78, 5) is 0. The SMILES string of the molecule is C1CCC(C2CCC(CC3CCC(C4CCCCC4)CC3)CC2)CC1. The molecule has 0 aromatic rings. The first-order valence-electron chi connectivity index (χ1n) is 12.4. The van der Waals surface area contributed by atoms with Crippen molar-refractivity contribution >= 4 is 0 Å². The predicted molar refractivity (Wildman–Crippen MR) is 109 cm³/mol. The molecular formula is C25H44. The van der Waals surface area contributed by atoms with Crippen LogP contribution in [0, 0.1) is 35.5 Å². The molecule has 0 aliphatic heterocycles. The third-order valence-corrected chi connectivity index (χ3v) is 9.08. The topological polar surface area (TPSA) is 0 Å². The zero-order valence-corrected chi connectivity index (χ0v) is 16.9. The lowest BCUT2D eigenvalue weighted by atomic mass is 9.67. The Morgan fingerprint density at radius 2 is 0.640 bits per heavy atom. The van der Waals surface area contributed by atoms with Gasteiger partial charge in [0.25, 0.3) is 0 Å². The lowest BCUT2D eigenvalue weighted by Gasteiger charge is -2.39. The first-order valence-corrected chi connectivity index (χ1v) is 12.4. The van der Waals surface area contributed by atoms with Crippen LogP contribution in [-0.4, -0.2) is 0 Å². The highest BCUT2D eigenvalue weighted by molar-refractivity contribution is 4.84. The lowest BCUT2D eigenvalue weighted by Crippen LogP contribution is -2.27. The van der Waals surface area contributed by atoms with E-state index in [0.717, 1.165) is 35.5 Å². The van der Waals surface area contributed by atoms with E-state index >= 15 is 0 Å². The van der Waals surface area contributed by atoms with Crippen molar-refractivity contribution < 1.29 is 0 Å². The monoisotopic (exact) mass is 344 g/mol. The largest absolute Gasteiger partial charge is 0.0533 e. The van der Waals surface area contributed by atoms with Gasteiger partial charge in [-0.1, -0.05) is 89.9 Å². The second kappa shape index (κ2) is 9.27. The summed E-state index contributed by atoms with van der Waals surface area (Å²) >= 11 is 0. The highest BCUT2D eigenvalue weighted by Crippen LogP contribution is 2.45. The van der Waals surface area contributed by atoms with Crippen LogP contribution in [0.15, 0.2) is 0 Å². The Labute approximate surface area is 157 Å². The predicted octanol–water partition coefficient (Wildman–Crippen LogP) is 8.15. The molecule has 0 unspecified atom stereocenters. The van der Waals surface area contributed by atoms with Gasteiger partial charge in [-0.3, -0.25) is 0 Å². The van der Waals surface area contributed by atoms with Gasteiger partial charge in [0, 0.05) is 0 Å². The molecule has 0 heterocycles. The van der Waals surface area contributed by atoms with Crippen LogP contribution in [0.5, 0.6) is 0 Å². The van der Waals surface area contributed by atoms with E-state index in [4.69, 9.17) is 0 Å². The zero-order valence-electron chi connectivity index (χ0n) is 16.9. The van der Waals surface area contributed by atoms with Crippen molar-refractivity contribution in [1.29, 1.82) is 0 Å². The quantitative estimate of drug-likeness (QED) is 0.482. The summed E-state index contributed by atoms with van der Waals surface area (Å²) in [5, 5.41) is 0. The van der Waals surface area contributed by atoms with Gasteiger partial charge < -0.3 is 0 Å². The summed E-state index contributed by atoms with van der Waals surface area (Å²) < 4.78 is 0. The van der Waals surface area contributed by atoms with Gasteiger partial charge in [0.2, 0.25) is 0 Å². The number of hydrogen-bond acceptors (Lipinski definition) is 0. The van der Waals surface area contributed by atoms with Gasteiger partial charge in [-0.25, -0.2) is 0 Å². The molecule has 0 saturated heterocycles. The molecule has 25 heavy (non-hydrogen) atoms. The summed E-state index contributed by atoms with van der Waals surface area (Å²) in [6.45, 7) is 0. The second-order valence-corrected chi connectivity index (χ2v) is 10.6. The van der Waals surface area contributed by atoms with Crippen LogP contribution < -0.4 is 0 Å². The molecule has 0 amide bonds. The number of rotatable bonds is 4. The van der Waals surface area contributed by atoms with Crippen LogP contribution in [0.1, 0.15) is 122 Å². The highest BCUT2D eigenvalue weighted by atomic mass is 14.4. The molecule has 0 nitrogen and oxygen atoms in total. The van der Waals surface area contributed by atoms with Gasteiger partial charge in [0.15, 0.2) is 0 Å². The molecule has 144 valence electrons. The summed E-state index contributed by atoms with van der Waals surface area (Å²) in [6, 6.07) is 0. The van der Waals surface area contributed by atoms with Crippen LogP contribution in [0.25, 0.3) is 0 Å². The van der Waals surface area contributed by atoms with E-state index in [1.165, 1.54) is 38.5 Å². The molecule has 4 fully saturated rings. The Hall–Kier alpha value is 0. The number of hydrogen-bond donors (Lipinski definition) is 0. The average Bonchev–Trinajstić information content (AvgIpc) is 2.71. The van der Waals surface area contributed by atoms with Crippen molar-refractivity contribution in [3.8, 4) is 0 Å². The van der Waals surface area contributed by atoms with E-state index in [1.54, 1.807) is 83.5 Å². The minimum absolute atomic E-state index is 1.11. The maximum absolute atomic E-state index is 1.61. The third-order valence-electron chi connectivity index (χ3n) is 9.08. The Kier molecular flexibility index (Phi) is 6.81. The van der Waals surface area contributed by atoms with Crippen molar-refractivity contribution in [2.75, 3.05) is 0 Å². The molecular weight excluding hydrogens is 300 g/mol. The van der Waals surface area contributed by atoms with Gasteiger partial charge in [-0.15, -0.1) is 0 Å². The van der Waals surface area contributed by atoms with Crippen molar-refractivity contribution in [2.24, 2.45) is 35.5 Å². The van der Waals surface area contributed by atoms with Gasteiger partial charge in [-0.05, 0) is 67.6 Å². The molecule has 0 aromatic heterocycles. The molecule has 0 bridgehead atoms. The minimum Gasteiger partial charge on any atom is -0.0533 e. The van der Waals surface area contributed by atoms with Crippen molar-refractivity contribution in [2.45, 2.75) is 122 Å². The van der Waals surface area contributed by atoms with E-state index in [1.807, 2.05) is 0 Å². The molecule has 4 aliphatic rings. The summed E-state index contributed by atoms with van der Waals surface area (Å²) in [5.41, 5.74) is 0. The molecule has 4 aliphatic carbocycles. The van der Waals surface area contributed by atoms with Crippen LogP contribution in [0.3, 0.4) is 0 Å². The van der Waals surface area contributed by atoms with E-state index in [9.17, 15) is 0 Å². The van der Waals surface area contributed by atoms with Gasteiger partial charge >= 0.3 is 0 Å². The molecule has 4 saturated carbocycles. The Morgan fingerprint density at radius 1 is 0.320 bits per heavy atom. The fourth-order valence-corrected chi connectivity index (χ4v) is 7.47. The van der Waals surface area contributed by atoms with Crippen LogP contribution in [0.4, 0.5) is 0 Å². The van der Waals surface area contributed by atoms with Crippen LogP contribution in [-0.2, 0) is 0 Å². The Balaban J connectivity index is 1.14. The van der Waals surface area contributed by atoms with Crippen molar-refractivity contribution in [3.05, 3.63) is 0 Å². The van der Waals surface area contributed by atoms with E-state index in [2.05, 4.69) is 0 Å². The Morgan fingerprint density at radius 3 is 1.00 bits per heavy atom. The molecule has 0 atom stereocenters. The van der Waals surface area contributed by atoms with E-state index in [0.29, 0.717) is 0 Å². The van der Waals surface area contributed by atoms with Gasteiger partial charge in [0.05, 0.1) is 0 Å². The molecule has 0 N–H and O–H groups in total. The first-order chi connectivity index (χ1) is 12.4. The van der Waals surface area contributed by atoms with Crippen molar-refractivity contribution in [3.63, 3.8) is 0 Å². The third kappa shape index (κ3) is 5.04. The molecule has 0 spiro atoms. The summed E-state index contributed by atoms with van der Waals surface area (Å²) in [6.07, 6.45) is 29.8. The van der Waals surface area contributed by atoms with E-state index in [-0.39, 0.29) is 0 Å². The van der Waals surface area contributed by atoms with Gasteiger partial charge in [-0.2, -0.15) is 0 Å². The second-order valence-electron chi connectivity index (χ2n) is 10.6. The maximum atomic E-state index is 1.61. The molecule has 4 rings (SSSR count). The van der Waals surface area contributed by atoms with Crippen molar-refractivity contribution in [1.82, 2.24) is 0 Å². The van der Waals surface area contributed by atoms with Crippen LogP contribution in [0.2, 0.25) is 0 Å². The van der Waals surface area contributed by atoms with Gasteiger partial charge in [0.1, 0.15) is 0 Å². The average molecular weight is 345 g/mol. The molecule has 0 aromatic carbocycles. The van der Waals surface area contributed by atoms with E-state index < -0.39 is 0 Å². The fourth-order valence-electron chi connectivity index (χ4n) is 7.47.